The van der Waals surface area contributed by atoms with Gasteiger partial charge in [-0.2, -0.15) is 8.42 Å². The van der Waals surface area contributed by atoms with Crippen molar-refractivity contribution in [3.05, 3.63) is 60.2 Å². The quantitative estimate of drug-likeness (QED) is 0.816. The number of benzene rings is 2. The van der Waals surface area contributed by atoms with Gasteiger partial charge in [-0.25, -0.2) is 0 Å². The summed E-state index contributed by atoms with van der Waals surface area (Å²) in [6.45, 7) is 0.812. The third-order valence-electron chi connectivity index (χ3n) is 5.92. The standard InChI is InChI=1S/C22H25N3O3S/c1-25-15-6-12-20(25)24-29(27,28)19-11-5-10-18(16-19)23-21(26)22(13-7-14-22)17-8-3-2-4-9-17/h2-5,8-11,16H,6-7,12-15H2,1H3,(H,23,26)/b24-20+. The number of carbonyl (C=O) groups excluding carboxylic acids is 1. The second kappa shape index (κ2) is 7.63. The molecule has 0 unspecified atom stereocenters. The second-order valence-corrected chi connectivity index (χ2v) is 9.40. The van der Waals surface area contributed by atoms with E-state index in [1.54, 1.807) is 12.1 Å². The molecule has 0 radical (unpaired) electrons. The fourth-order valence-electron chi connectivity index (χ4n) is 4.02. The molecule has 29 heavy (non-hydrogen) atoms. The largest absolute Gasteiger partial charge is 0.362 e. The Bertz CT molecular complexity index is 1040. The molecule has 2 aliphatic rings. The lowest BCUT2D eigenvalue weighted by Gasteiger charge is -2.40. The highest BCUT2D eigenvalue weighted by atomic mass is 32.2. The summed E-state index contributed by atoms with van der Waals surface area (Å²) in [5, 5.41) is 2.94. The molecule has 2 aromatic rings. The Balaban J connectivity index is 1.57. The van der Waals surface area contributed by atoms with Crippen molar-refractivity contribution in [1.82, 2.24) is 4.90 Å². The molecule has 152 valence electrons. The molecule has 1 amide bonds. The maximum Gasteiger partial charge on any atom is 0.284 e. The van der Waals surface area contributed by atoms with E-state index >= 15 is 0 Å². The van der Waals surface area contributed by atoms with Crippen molar-refractivity contribution in [2.45, 2.75) is 42.4 Å². The van der Waals surface area contributed by atoms with E-state index in [9.17, 15) is 13.2 Å². The molecule has 0 bridgehead atoms. The normalized spacial score (nSPS) is 19.8. The van der Waals surface area contributed by atoms with Crippen LogP contribution in [0, 0.1) is 0 Å². The van der Waals surface area contributed by atoms with Crippen LogP contribution in [0.25, 0.3) is 0 Å². The second-order valence-electron chi connectivity index (χ2n) is 7.79. The van der Waals surface area contributed by atoms with Gasteiger partial charge in [-0.05, 0) is 43.0 Å². The van der Waals surface area contributed by atoms with Crippen LogP contribution in [0.5, 0.6) is 0 Å². The zero-order valence-electron chi connectivity index (χ0n) is 16.5. The highest BCUT2D eigenvalue weighted by Gasteiger charge is 2.45. The zero-order valence-corrected chi connectivity index (χ0v) is 17.3. The van der Waals surface area contributed by atoms with Crippen molar-refractivity contribution in [2.75, 3.05) is 18.9 Å². The number of nitrogens with one attached hydrogen (secondary N) is 1. The van der Waals surface area contributed by atoms with Crippen LogP contribution in [0.15, 0.2) is 63.9 Å². The van der Waals surface area contributed by atoms with Crippen molar-refractivity contribution >= 4 is 27.5 Å². The summed E-state index contributed by atoms with van der Waals surface area (Å²) in [5.41, 5.74) is 0.935. The number of sulfonamides is 1. The number of rotatable bonds is 5. The van der Waals surface area contributed by atoms with Gasteiger partial charge in [-0.15, -0.1) is 4.40 Å². The molecular weight excluding hydrogens is 386 g/mol. The van der Waals surface area contributed by atoms with Crippen LogP contribution in [0.3, 0.4) is 0 Å². The van der Waals surface area contributed by atoms with Gasteiger partial charge in [0.25, 0.3) is 10.0 Å². The highest BCUT2D eigenvalue weighted by molar-refractivity contribution is 7.90. The highest BCUT2D eigenvalue weighted by Crippen LogP contribution is 2.44. The first kappa shape index (κ1) is 19.6. The zero-order chi connectivity index (χ0) is 20.5. The lowest BCUT2D eigenvalue weighted by atomic mass is 9.64. The Hall–Kier alpha value is -2.67. The molecule has 1 aliphatic carbocycles. The number of likely N-dealkylation sites (tertiary alicyclic amines) is 1. The Labute approximate surface area is 171 Å². The van der Waals surface area contributed by atoms with E-state index in [0.29, 0.717) is 17.9 Å². The Morgan fingerprint density at radius 3 is 2.45 bits per heavy atom. The van der Waals surface area contributed by atoms with E-state index in [4.69, 9.17) is 0 Å². The van der Waals surface area contributed by atoms with Crippen LogP contribution >= 0.6 is 0 Å². The molecule has 6 nitrogen and oxygen atoms in total. The summed E-state index contributed by atoms with van der Waals surface area (Å²) in [4.78, 5) is 15.1. The van der Waals surface area contributed by atoms with Crippen molar-refractivity contribution in [2.24, 2.45) is 4.40 Å². The Morgan fingerprint density at radius 1 is 1.07 bits per heavy atom. The number of anilines is 1. The topological polar surface area (TPSA) is 78.8 Å². The molecule has 0 atom stereocenters. The lowest BCUT2D eigenvalue weighted by Crippen LogP contribution is -2.45. The van der Waals surface area contributed by atoms with Gasteiger partial charge in [0, 0.05) is 25.7 Å². The number of amides is 1. The predicted molar refractivity (Wildman–Crippen MR) is 114 cm³/mol. The molecule has 0 aromatic heterocycles. The molecular formula is C22H25N3O3S. The van der Waals surface area contributed by atoms with E-state index in [1.165, 1.54) is 12.1 Å². The van der Waals surface area contributed by atoms with Gasteiger partial charge < -0.3 is 10.2 Å². The average Bonchev–Trinajstić information content (AvgIpc) is 3.06. The average molecular weight is 412 g/mol. The number of hydrogen-bond donors (Lipinski definition) is 1. The fourth-order valence-corrected chi connectivity index (χ4v) is 5.16. The molecule has 2 aromatic carbocycles. The van der Waals surface area contributed by atoms with Gasteiger partial charge in [-0.3, -0.25) is 4.79 Å². The molecule has 7 heteroatoms. The van der Waals surface area contributed by atoms with Crippen LogP contribution in [0.1, 0.15) is 37.7 Å². The van der Waals surface area contributed by atoms with Gasteiger partial charge in [-0.1, -0.05) is 42.8 Å². The van der Waals surface area contributed by atoms with Crippen LogP contribution in [0.2, 0.25) is 0 Å². The molecule has 1 saturated carbocycles. The molecule has 4 rings (SSSR count). The molecule has 1 saturated heterocycles. The van der Waals surface area contributed by atoms with Gasteiger partial charge >= 0.3 is 0 Å². The summed E-state index contributed by atoms with van der Waals surface area (Å²) in [6.07, 6.45) is 4.15. The fraction of sp³-hybridized carbons (Fsp3) is 0.364. The number of amidine groups is 1. The summed E-state index contributed by atoms with van der Waals surface area (Å²) >= 11 is 0. The van der Waals surface area contributed by atoms with Crippen LogP contribution in [-0.4, -0.2) is 38.7 Å². The Kier molecular flexibility index (Phi) is 5.17. The van der Waals surface area contributed by atoms with Crippen LogP contribution in [0.4, 0.5) is 5.69 Å². The van der Waals surface area contributed by atoms with Crippen LogP contribution < -0.4 is 5.32 Å². The van der Waals surface area contributed by atoms with E-state index in [-0.39, 0.29) is 10.8 Å². The van der Waals surface area contributed by atoms with Crippen molar-refractivity contribution in [3.63, 3.8) is 0 Å². The summed E-state index contributed by atoms with van der Waals surface area (Å²) in [7, 11) is -1.97. The maximum absolute atomic E-state index is 13.1. The van der Waals surface area contributed by atoms with E-state index < -0.39 is 15.4 Å². The minimum atomic E-state index is -3.82. The summed E-state index contributed by atoms with van der Waals surface area (Å²) < 4.78 is 29.5. The van der Waals surface area contributed by atoms with Gasteiger partial charge in [0.1, 0.15) is 5.84 Å². The minimum Gasteiger partial charge on any atom is -0.362 e. The first-order valence-corrected chi connectivity index (χ1v) is 11.4. The van der Waals surface area contributed by atoms with Gasteiger partial charge in [0.2, 0.25) is 5.91 Å². The van der Waals surface area contributed by atoms with E-state index in [0.717, 1.165) is 37.8 Å². The van der Waals surface area contributed by atoms with Crippen molar-refractivity contribution in [1.29, 1.82) is 0 Å². The number of carbonyl (C=O) groups is 1. The minimum absolute atomic E-state index is 0.0884. The molecule has 1 aliphatic heterocycles. The first-order valence-electron chi connectivity index (χ1n) is 9.93. The summed E-state index contributed by atoms with van der Waals surface area (Å²) in [5.74, 6) is 0.489. The van der Waals surface area contributed by atoms with Crippen LogP contribution in [-0.2, 0) is 20.2 Å². The third-order valence-corrected chi connectivity index (χ3v) is 7.22. The molecule has 0 spiro atoms. The predicted octanol–water partition coefficient (Wildman–Crippen LogP) is 3.56. The van der Waals surface area contributed by atoms with Gasteiger partial charge in [0.05, 0.1) is 10.3 Å². The monoisotopic (exact) mass is 411 g/mol. The number of nitrogens with zero attached hydrogens (tertiary/aromatic N) is 2. The number of hydrogen-bond acceptors (Lipinski definition) is 3. The molecule has 1 N–H and O–H groups in total. The molecule has 2 fully saturated rings. The van der Waals surface area contributed by atoms with E-state index in [2.05, 4.69) is 9.71 Å². The SMILES string of the molecule is CN1CCC/C1=N\S(=O)(=O)c1cccc(NC(=O)C2(c3ccccc3)CCC2)c1. The van der Waals surface area contributed by atoms with Gasteiger partial charge in [0.15, 0.2) is 0 Å². The van der Waals surface area contributed by atoms with Crippen molar-refractivity contribution in [3.8, 4) is 0 Å². The smallest absolute Gasteiger partial charge is 0.284 e. The molecule has 1 heterocycles. The maximum atomic E-state index is 13.1. The van der Waals surface area contributed by atoms with Crippen molar-refractivity contribution < 1.29 is 13.2 Å². The van der Waals surface area contributed by atoms with E-state index in [1.807, 2.05) is 42.3 Å². The third kappa shape index (κ3) is 3.79. The lowest BCUT2D eigenvalue weighted by molar-refractivity contribution is -0.124. The first-order chi connectivity index (χ1) is 13.9. The summed E-state index contributed by atoms with van der Waals surface area (Å²) in [6, 6.07) is 16.1. The Morgan fingerprint density at radius 2 is 1.83 bits per heavy atom.